The lowest BCUT2D eigenvalue weighted by atomic mass is 10.1. The standard InChI is InChI=1S/C12H20N4S/c1-15-6-2-3-10-11(15)16(12(17)14-10)9-5-4-8(13)7-9/h8-9H,2-7,13H2,1H3,(H,14,17). The minimum atomic E-state index is 0.348. The van der Waals surface area contributed by atoms with Crippen molar-refractivity contribution in [1.29, 1.82) is 0 Å². The highest BCUT2D eigenvalue weighted by atomic mass is 32.1. The summed E-state index contributed by atoms with van der Waals surface area (Å²) in [6, 6.07) is 0.847. The van der Waals surface area contributed by atoms with Crippen molar-refractivity contribution in [2.24, 2.45) is 5.73 Å². The van der Waals surface area contributed by atoms with Gasteiger partial charge in [-0.15, -0.1) is 0 Å². The first-order valence-electron chi connectivity index (χ1n) is 6.47. The van der Waals surface area contributed by atoms with Crippen molar-refractivity contribution in [3.8, 4) is 0 Å². The maximum atomic E-state index is 6.02. The highest BCUT2D eigenvalue weighted by molar-refractivity contribution is 7.71. The number of aromatic nitrogens is 2. The van der Waals surface area contributed by atoms with E-state index in [1.54, 1.807) is 0 Å². The molecular formula is C12H20N4S. The molecule has 0 bridgehead atoms. The van der Waals surface area contributed by atoms with Crippen molar-refractivity contribution in [3.63, 3.8) is 0 Å². The molecule has 94 valence electrons. The molecule has 3 N–H and O–H groups in total. The van der Waals surface area contributed by atoms with E-state index >= 15 is 0 Å². The summed E-state index contributed by atoms with van der Waals surface area (Å²) >= 11 is 5.49. The fraction of sp³-hybridized carbons (Fsp3) is 0.750. The molecule has 0 saturated heterocycles. The Morgan fingerprint density at radius 2 is 2.24 bits per heavy atom. The zero-order valence-electron chi connectivity index (χ0n) is 10.3. The summed E-state index contributed by atoms with van der Waals surface area (Å²) in [5.74, 6) is 1.31. The normalized spacial score (nSPS) is 28.5. The number of aryl methyl sites for hydroxylation is 1. The van der Waals surface area contributed by atoms with Crippen LogP contribution in [0.5, 0.6) is 0 Å². The quantitative estimate of drug-likeness (QED) is 0.751. The van der Waals surface area contributed by atoms with Crippen LogP contribution in [0.2, 0.25) is 0 Å². The Kier molecular flexibility index (Phi) is 2.75. The number of aromatic amines is 1. The van der Waals surface area contributed by atoms with Crippen LogP contribution in [0.4, 0.5) is 5.82 Å². The molecule has 1 aromatic heterocycles. The molecule has 2 unspecified atom stereocenters. The zero-order chi connectivity index (χ0) is 12.0. The van der Waals surface area contributed by atoms with E-state index in [1.165, 1.54) is 17.9 Å². The number of nitrogens with zero attached hydrogens (tertiary/aromatic N) is 2. The predicted molar refractivity (Wildman–Crippen MR) is 72.1 cm³/mol. The third-order valence-electron chi connectivity index (χ3n) is 4.07. The number of nitrogens with one attached hydrogen (secondary N) is 1. The van der Waals surface area contributed by atoms with E-state index in [0.717, 1.165) is 37.0 Å². The van der Waals surface area contributed by atoms with Crippen LogP contribution in [0.15, 0.2) is 0 Å². The number of anilines is 1. The molecule has 0 amide bonds. The molecule has 0 radical (unpaired) electrons. The maximum absolute atomic E-state index is 6.02. The molecule has 2 atom stereocenters. The zero-order valence-corrected chi connectivity index (χ0v) is 11.1. The van der Waals surface area contributed by atoms with Gasteiger partial charge in [0.05, 0.1) is 5.69 Å². The SMILES string of the molecule is CN1CCCc2[nH]c(=S)n(C3CCC(N)C3)c21. The highest BCUT2D eigenvalue weighted by Gasteiger charge is 2.29. The molecule has 2 heterocycles. The Bertz CT molecular complexity index is 475. The van der Waals surface area contributed by atoms with Gasteiger partial charge in [-0.3, -0.25) is 0 Å². The van der Waals surface area contributed by atoms with Crippen LogP contribution in [-0.4, -0.2) is 29.2 Å². The second-order valence-corrected chi connectivity index (χ2v) is 5.74. The van der Waals surface area contributed by atoms with Gasteiger partial charge >= 0.3 is 0 Å². The second-order valence-electron chi connectivity index (χ2n) is 5.35. The minimum absolute atomic E-state index is 0.348. The number of nitrogens with two attached hydrogens (primary N) is 1. The number of hydrogen-bond donors (Lipinski definition) is 2. The van der Waals surface area contributed by atoms with E-state index in [4.69, 9.17) is 18.0 Å². The minimum Gasteiger partial charge on any atom is -0.360 e. The number of hydrogen-bond acceptors (Lipinski definition) is 3. The molecule has 1 fully saturated rings. The van der Waals surface area contributed by atoms with Gasteiger partial charge in [-0.2, -0.15) is 0 Å². The highest BCUT2D eigenvalue weighted by Crippen LogP contribution is 2.36. The van der Waals surface area contributed by atoms with Gasteiger partial charge in [-0.05, 0) is 44.3 Å². The molecule has 1 aliphatic heterocycles. The van der Waals surface area contributed by atoms with Crippen molar-refractivity contribution in [2.75, 3.05) is 18.5 Å². The summed E-state index contributed by atoms with van der Waals surface area (Å²) < 4.78 is 3.19. The Morgan fingerprint density at radius 3 is 2.94 bits per heavy atom. The predicted octanol–water partition coefficient (Wildman–Crippen LogP) is 1.98. The number of rotatable bonds is 1. The topological polar surface area (TPSA) is 50.0 Å². The average molecular weight is 252 g/mol. The molecular weight excluding hydrogens is 232 g/mol. The molecule has 0 spiro atoms. The summed E-state index contributed by atoms with van der Waals surface area (Å²) in [4.78, 5) is 5.71. The van der Waals surface area contributed by atoms with Crippen LogP contribution < -0.4 is 10.6 Å². The van der Waals surface area contributed by atoms with Gasteiger partial charge in [-0.1, -0.05) is 0 Å². The molecule has 0 aromatic carbocycles. The van der Waals surface area contributed by atoms with Gasteiger partial charge in [0.25, 0.3) is 0 Å². The monoisotopic (exact) mass is 252 g/mol. The van der Waals surface area contributed by atoms with E-state index in [2.05, 4.69) is 21.5 Å². The van der Waals surface area contributed by atoms with E-state index in [-0.39, 0.29) is 0 Å². The summed E-state index contributed by atoms with van der Waals surface area (Å²) in [6.45, 7) is 1.12. The smallest absolute Gasteiger partial charge is 0.179 e. The molecule has 1 saturated carbocycles. The van der Waals surface area contributed by atoms with E-state index in [0.29, 0.717) is 12.1 Å². The summed E-state index contributed by atoms with van der Waals surface area (Å²) in [5.41, 5.74) is 7.33. The number of H-pyrrole nitrogens is 1. The van der Waals surface area contributed by atoms with Crippen molar-refractivity contribution in [1.82, 2.24) is 9.55 Å². The van der Waals surface area contributed by atoms with Gasteiger partial charge in [0.1, 0.15) is 5.82 Å². The van der Waals surface area contributed by atoms with E-state index < -0.39 is 0 Å². The van der Waals surface area contributed by atoms with Crippen molar-refractivity contribution < 1.29 is 0 Å². The van der Waals surface area contributed by atoms with Crippen LogP contribution in [0, 0.1) is 4.77 Å². The largest absolute Gasteiger partial charge is 0.360 e. The Morgan fingerprint density at radius 1 is 1.41 bits per heavy atom. The average Bonchev–Trinajstić information content (AvgIpc) is 2.82. The first kappa shape index (κ1) is 11.3. The van der Waals surface area contributed by atoms with Gasteiger partial charge in [0, 0.05) is 25.7 Å². The molecule has 1 aliphatic carbocycles. The lowest BCUT2D eigenvalue weighted by Crippen LogP contribution is -2.28. The molecule has 17 heavy (non-hydrogen) atoms. The third-order valence-corrected chi connectivity index (χ3v) is 4.37. The van der Waals surface area contributed by atoms with E-state index in [1.807, 2.05) is 0 Å². The Hall–Kier alpha value is -0.810. The molecule has 2 aliphatic rings. The molecule has 4 nitrogen and oxygen atoms in total. The number of imidazole rings is 1. The second kappa shape index (κ2) is 4.14. The Labute approximate surface area is 107 Å². The van der Waals surface area contributed by atoms with E-state index in [9.17, 15) is 0 Å². The van der Waals surface area contributed by atoms with Crippen LogP contribution in [-0.2, 0) is 6.42 Å². The Balaban J connectivity index is 2.04. The van der Waals surface area contributed by atoms with Crippen LogP contribution in [0.1, 0.15) is 37.4 Å². The van der Waals surface area contributed by atoms with Crippen molar-refractivity contribution >= 4 is 18.0 Å². The number of fused-ring (bicyclic) bond motifs is 1. The first-order valence-corrected chi connectivity index (χ1v) is 6.87. The lowest BCUT2D eigenvalue weighted by molar-refractivity contribution is 0.499. The van der Waals surface area contributed by atoms with Crippen LogP contribution in [0.25, 0.3) is 0 Å². The van der Waals surface area contributed by atoms with Crippen molar-refractivity contribution in [3.05, 3.63) is 10.5 Å². The van der Waals surface area contributed by atoms with Crippen molar-refractivity contribution in [2.45, 2.75) is 44.2 Å². The van der Waals surface area contributed by atoms with Gasteiger partial charge < -0.3 is 20.2 Å². The van der Waals surface area contributed by atoms with Gasteiger partial charge in [-0.25, -0.2) is 0 Å². The fourth-order valence-electron chi connectivity index (χ4n) is 3.24. The summed E-state index contributed by atoms with van der Waals surface area (Å²) in [7, 11) is 2.16. The molecule has 1 aromatic rings. The van der Waals surface area contributed by atoms with Crippen LogP contribution >= 0.6 is 12.2 Å². The third kappa shape index (κ3) is 1.81. The molecule has 3 rings (SSSR count). The fourth-order valence-corrected chi connectivity index (χ4v) is 3.60. The maximum Gasteiger partial charge on any atom is 0.179 e. The van der Waals surface area contributed by atoms with Gasteiger partial charge in [0.2, 0.25) is 0 Å². The molecule has 5 heteroatoms. The summed E-state index contributed by atoms with van der Waals surface area (Å²) in [5, 5.41) is 0. The van der Waals surface area contributed by atoms with Gasteiger partial charge in [0.15, 0.2) is 4.77 Å². The van der Waals surface area contributed by atoms with Crippen LogP contribution in [0.3, 0.4) is 0 Å². The lowest BCUT2D eigenvalue weighted by Gasteiger charge is -2.28. The first-order chi connectivity index (χ1) is 8.16. The summed E-state index contributed by atoms with van der Waals surface area (Å²) in [6.07, 6.45) is 5.67.